The smallest absolute Gasteiger partial charge is 0.254 e. The number of likely N-dealkylation sites (tertiary alicyclic amines) is 1. The molecule has 0 saturated carbocycles. The highest BCUT2D eigenvalue weighted by Crippen LogP contribution is 2.26. The summed E-state index contributed by atoms with van der Waals surface area (Å²) in [7, 11) is 1.83. The molecular formula is C22H26N2O2. The molecule has 2 amide bonds. The SMILES string of the molecule is Cc1ccc(C(=O)N2CCC[C@@H]2C(=O)N(C)[C@@H](C)c2ccccc2)cc1. The van der Waals surface area contributed by atoms with Crippen molar-refractivity contribution < 1.29 is 9.59 Å². The van der Waals surface area contributed by atoms with Gasteiger partial charge in [-0.2, -0.15) is 0 Å². The van der Waals surface area contributed by atoms with E-state index in [0.29, 0.717) is 12.1 Å². The van der Waals surface area contributed by atoms with E-state index in [1.165, 1.54) is 0 Å². The molecule has 1 aliphatic rings. The maximum absolute atomic E-state index is 13.1. The molecule has 2 atom stereocenters. The third-order valence-electron chi connectivity index (χ3n) is 5.31. The summed E-state index contributed by atoms with van der Waals surface area (Å²) >= 11 is 0. The van der Waals surface area contributed by atoms with Gasteiger partial charge in [0.25, 0.3) is 5.91 Å². The Morgan fingerprint density at radius 1 is 1.08 bits per heavy atom. The van der Waals surface area contributed by atoms with Crippen molar-refractivity contribution in [3.63, 3.8) is 0 Å². The number of carbonyl (C=O) groups excluding carboxylic acids is 2. The molecule has 0 aromatic heterocycles. The van der Waals surface area contributed by atoms with Crippen molar-refractivity contribution in [3.05, 3.63) is 71.3 Å². The molecule has 3 rings (SSSR count). The Morgan fingerprint density at radius 2 is 1.73 bits per heavy atom. The average Bonchev–Trinajstić information content (AvgIpc) is 3.16. The summed E-state index contributed by atoms with van der Waals surface area (Å²) in [4.78, 5) is 29.5. The lowest BCUT2D eigenvalue weighted by Gasteiger charge is -2.32. The number of aryl methyl sites for hydroxylation is 1. The van der Waals surface area contributed by atoms with Crippen molar-refractivity contribution >= 4 is 11.8 Å². The summed E-state index contributed by atoms with van der Waals surface area (Å²) in [5.41, 5.74) is 2.86. The van der Waals surface area contributed by atoms with E-state index in [1.54, 1.807) is 9.80 Å². The van der Waals surface area contributed by atoms with Gasteiger partial charge in [0.05, 0.1) is 6.04 Å². The second kappa shape index (κ2) is 7.73. The van der Waals surface area contributed by atoms with E-state index in [9.17, 15) is 9.59 Å². The number of nitrogens with zero attached hydrogens (tertiary/aromatic N) is 2. The van der Waals surface area contributed by atoms with E-state index < -0.39 is 0 Å². The minimum atomic E-state index is -0.375. The van der Waals surface area contributed by atoms with E-state index >= 15 is 0 Å². The van der Waals surface area contributed by atoms with Crippen LogP contribution in [0, 0.1) is 6.92 Å². The van der Waals surface area contributed by atoms with E-state index in [1.807, 2.05) is 75.5 Å². The van der Waals surface area contributed by atoms with Crippen LogP contribution >= 0.6 is 0 Å². The number of amides is 2. The van der Waals surface area contributed by atoms with Crippen LogP contribution in [0.15, 0.2) is 54.6 Å². The zero-order chi connectivity index (χ0) is 18.7. The van der Waals surface area contributed by atoms with Crippen molar-refractivity contribution in [1.82, 2.24) is 9.80 Å². The number of benzene rings is 2. The van der Waals surface area contributed by atoms with Gasteiger partial charge in [-0.3, -0.25) is 9.59 Å². The second-order valence-electron chi connectivity index (χ2n) is 7.06. The summed E-state index contributed by atoms with van der Waals surface area (Å²) in [5.74, 6) is -0.0408. The fourth-order valence-electron chi connectivity index (χ4n) is 3.51. The van der Waals surface area contributed by atoms with Gasteiger partial charge in [0.1, 0.15) is 6.04 Å². The number of likely N-dealkylation sites (N-methyl/N-ethyl adjacent to an activating group) is 1. The first-order valence-corrected chi connectivity index (χ1v) is 9.18. The topological polar surface area (TPSA) is 40.6 Å². The van der Waals surface area contributed by atoms with E-state index in [2.05, 4.69) is 0 Å². The lowest BCUT2D eigenvalue weighted by Crippen LogP contribution is -2.47. The molecule has 2 aromatic carbocycles. The molecule has 0 unspecified atom stereocenters. The van der Waals surface area contributed by atoms with Crippen molar-refractivity contribution in [2.24, 2.45) is 0 Å². The maximum Gasteiger partial charge on any atom is 0.254 e. The average molecular weight is 350 g/mol. The summed E-state index contributed by atoms with van der Waals surface area (Å²) in [5, 5.41) is 0. The Bertz CT molecular complexity index is 770. The standard InChI is InChI=1S/C22H26N2O2/c1-16-11-13-19(14-12-16)21(25)24-15-7-10-20(24)22(26)23(3)17(2)18-8-5-4-6-9-18/h4-6,8-9,11-14,17,20H,7,10,15H2,1-3H3/t17-,20+/m0/s1. The summed E-state index contributed by atoms with van der Waals surface area (Å²) in [6.45, 7) is 4.65. The highest BCUT2D eigenvalue weighted by Gasteiger charge is 2.37. The first-order chi connectivity index (χ1) is 12.5. The Labute approximate surface area is 155 Å². The Morgan fingerprint density at radius 3 is 2.38 bits per heavy atom. The number of hydrogen-bond donors (Lipinski definition) is 0. The third kappa shape index (κ3) is 3.64. The lowest BCUT2D eigenvalue weighted by molar-refractivity contribution is -0.135. The van der Waals surface area contributed by atoms with E-state index in [4.69, 9.17) is 0 Å². The fourth-order valence-corrected chi connectivity index (χ4v) is 3.51. The van der Waals surface area contributed by atoms with Crippen molar-refractivity contribution in [2.45, 2.75) is 38.8 Å². The zero-order valence-corrected chi connectivity index (χ0v) is 15.7. The van der Waals surface area contributed by atoms with Crippen LogP contribution in [-0.4, -0.2) is 41.2 Å². The largest absolute Gasteiger partial charge is 0.337 e. The van der Waals surface area contributed by atoms with Crippen LogP contribution in [0.4, 0.5) is 0 Å². The van der Waals surface area contributed by atoms with Crippen molar-refractivity contribution in [3.8, 4) is 0 Å². The highest BCUT2D eigenvalue weighted by atomic mass is 16.2. The monoisotopic (exact) mass is 350 g/mol. The molecule has 2 aromatic rings. The zero-order valence-electron chi connectivity index (χ0n) is 15.7. The van der Waals surface area contributed by atoms with Gasteiger partial charge < -0.3 is 9.80 Å². The summed E-state index contributed by atoms with van der Waals surface area (Å²) in [6, 6.07) is 17.1. The van der Waals surface area contributed by atoms with Crippen LogP contribution in [0.5, 0.6) is 0 Å². The molecule has 4 heteroatoms. The molecule has 0 aliphatic carbocycles. The first kappa shape index (κ1) is 18.2. The molecule has 1 fully saturated rings. The molecule has 136 valence electrons. The Hall–Kier alpha value is -2.62. The molecule has 26 heavy (non-hydrogen) atoms. The fraction of sp³-hybridized carbons (Fsp3) is 0.364. The number of rotatable bonds is 4. The first-order valence-electron chi connectivity index (χ1n) is 9.18. The molecule has 4 nitrogen and oxygen atoms in total. The highest BCUT2D eigenvalue weighted by molar-refractivity contribution is 5.98. The molecule has 0 bridgehead atoms. The number of hydrogen-bond acceptors (Lipinski definition) is 2. The second-order valence-corrected chi connectivity index (χ2v) is 7.06. The maximum atomic E-state index is 13.1. The van der Waals surface area contributed by atoms with Crippen LogP contribution in [0.3, 0.4) is 0 Å². The van der Waals surface area contributed by atoms with Crippen LogP contribution in [0.1, 0.15) is 47.3 Å². The van der Waals surface area contributed by atoms with Crippen molar-refractivity contribution in [2.75, 3.05) is 13.6 Å². The molecule has 1 aliphatic heterocycles. The van der Waals surface area contributed by atoms with Crippen LogP contribution in [0.25, 0.3) is 0 Å². The molecule has 1 heterocycles. The quantitative estimate of drug-likeness (QED) is 0.841. The molecule has 1 saturated heterocycles. The van der Waals surface area contributed by atoms with Crippen molar-refractivity contribution in [1.29, 1.82) is 0 Å². The van der Waals surface area contributed by atoms with Gasteiger partial charge in [0.15, 0.2) is 0 Å². The van der Waals surface area contributed by atoms with E-state index in [0.717, 1.165) is 24.0 Å². The van der Waals surface area contributed by atoms with Gasteiger partial charge in [0, 0.05) is 19.2 Å². The van der Waals surface area contributed by atoms with Crippen LogP contribution in [-0.2, 0) is 4.79 Å². The summed E-state index contributed by atoms with van der Waals surface area (Å²) in [6.07, 6.45) is 1.59. The predicted octanol–water partition coefficient (Wildman–Crippen LogP) is 3.82. The van der Waals surface area contributed by atoms with Gasteiger partial charge in [-0.1, -0.05) is 48.0 Å². The predicted molar refractivity (Wildman–Crippen MR) is 103 cm³/mol. The Kier molecular flexibility index (Phi) is 5.40. The van der Waals surface area contributed by atoms with Gasteiger partial charge in [0.2, 0.25) is 5.91 Å². The van der Waals surface area contributed by atoms with Gasteiger partial charge in [-0.25, -0.2) is 0 Å². The molecule has 0 spiro atoms. The van der Waals surface area contributed by atoms with Gasteiger partial charge in [-0.05, 0) is 44.4 Å². The minimum absolute atomic E-state index is 0.0133. The molecule has 0 N–H and O–H groups in total. The Balaban J connectivity index is 1.75. The molecule has 0 radical (unpaired) electrons. The van der Waals surface area contributed by atoms with Gasteiger partial charge in [-0.15, -0.1) is 0 Å². The van der Waals surface area contributed by atoms with Gasteiger partial charge >= 0.3 is 0 Å². The van der Waals surface area contributed by atoms with Crippen LogP contribution < -0.4 is 0 Å². The normalized spacial score (nSPS) is 17.8. The third-order valence-corrected chi connectivity index (χ3v) is 5.31. The van der Waals surface area contributed by atoms with E-state index in [-0.39, 0.29) is 23.9 Å². The summed E-state index contributed by atoms with van der Waals surface area (Å²) < 4.78 is 0. The minimum Gasteiger partial charge on any atom is -0.337 e. The number of carbonyl (C=O) groups is 2. The lowest BCUT2D eigenvalue weighted by atomic mass is 10.1. The molecular weight excluding hydrogens is 324 g/mol. The van der Waals surface area contributed by atoms with Crippen LogP contribution in [0.2, 0.25) is 0 Å².